The van der Waals surface area contributed by atoms with Gasteiger partial charge >= 0.3 is 0 Å². The van der Waals surface area contributed by atoms with Gasteiger partial charge in [0, 0.05) is 0 Å². The van der Waals surface area contributed by atoms with E-state index in [0.717, 1.165) is 6.54 Å². The molecule has 0 spiro atoms. The lowest BCUT2D eigenvalue weighted by molar-refractivity contribution is 0.532. The van der Waals surface area contributed by atoms with Gasteiger partial charge in [-0.05, 0) is 19.9 Å². The Morgan fingerprint density at radius 3 is 2.50 bits per heavy atom. The van der Waals surface area contributed by atoms with Gasteiger partial charge in [-0.3, -0.25) is 0 Å². The second kappa shape index (κ2) is 7.03. The van der Waals surface area contributed by atoms with E-state index in [1.54, 1.807) is 0 Å². The Morgan fingerprint density at radius 2 is 2.00 bits per heavy atom. The maximum absolute atomic E-state index is 5.50. The van der Waals surface area contributed by atoms with E-state index in [-0.39, 0.29) is 6.17 Å². The lowest BCUT2D eigenvalue weighted by Gasteiger charge is -2.06. The van der Waals surface area contributed by atoms with Gasteiger partial charge in [-0.25, -0.2) is 0 Å². The summed E-state index contributed by atoms with van der Waals surface area (Å²) in [6, 6.07) is 0. The van der Waals surface area contributed by atoms with Gasteiger partial charge in [0.25, 0.3) is 0 Å². The Balaban J connectivity index is 2.77. The highest BCUT2D eigenvalue weighted by Crippen LogP contribution is 1.96. The van der Waals surface area contributed by atoms with Crippen molar-refractivity contribution in [3.05, 3.63) is 0 Å². The number of nitrogens with two attached hydrogens (primary N) is 1. The van der Waals surface area contributed by atoms with Crippen LogP contribution in [0.3, 0.4) is 0 Å². The van der Waals surface area contributed by atoms with Gasteiger partial charge < -0.3 is 11.1 Å². The Bertz CT molecular complexity index is 62.3. The molecule has 0 saturated carbocycles. The molecular formula is C8H20N2. The molecule has 0 heterocycles. The van der Waals surface area contributed by atoms with Crippen molar-refractivity contribution in [2.75, 3.05) is 6.54 Å². The third kappa shape index (κ3) is 7.92. The Kier molecular flexibility index (Phi) is 6.98. The molecule has 1 unspecified atom stereocenters. The molecule has 0 radical (unpaired) electrons. The summed E-state index contributed by atoms with van der Waals surface area (Å²) in [5.41, 5.74) is 5.50. The van der Waals surface area contributed by atoms with Crippen LogP contribution >= 0.6 is 0 Å². The summed E-state index contributed by atoms with van der Waals surface area (Å²) < 4.78 is 0. The maximum Gasteiger partial charge on any atom is 0.0517 e. The van der Waals surface area contributed by atoms with Crippen molar-refractivity contribution in [3.63, 3.8) is 0 Å². The largest absolute Gasteiger partial charge is 0.316 e. The first kappa shape index (κ1) is 9.92. The fraction of sp³-hybridized carbons (Fsp3) is 1.00. The topological polar surface area (TPSA) is 38.0 Å². The zero-order valence-corrected chi connectivity index (χ0v) is 7.19. The summed E-state index contributed by atoms with van der Waals surface area (Å²) in [6.45, 7) is 5.26. The Labute approximate surface area is 64.2 Å². The van der Waals surface area contributed by atoms with E-state index >= 15 is 0 Å². The molecule has 62 valence electrons. The Hall–Kier alpha value is -0.0800. The molecule has 0 bridgehead atoms. The van der Waals surface area contributed by atoms with E-state index in [0.29, 0.717) is 0 Å². The van der Waals surface area contributed by atoms with Crippen molar-refractivity contribution < 1.29 is 0 Å². The lowest BCUT2D eigenvalue weighted by atomic mass is 10.2. The quantitative estimate of drug-likeness (QED) is 0.437. The summed E-state index contributed by atoms with van der Waals surface area (Å²) in [5, 5.41) is 3.18. The van der Waals surface area contributed by atoms with Crippen LogP contribution in [-0.2, 0) is 0 Å². The molecular weight excluding hydrogens is 124 g/mol. The summed E-state index contributed by atoms with van der Waals surface area (Å²) in [7, 11) is 0. The minimum Gasteiger partial charge on any atom is -0.316 e. The van der Waals surface area contributed by atoms with Crippen molar-refractivity contribution in [1.82, 2.24) is 5.32 Å². The molecule has 10 heavy (non-hydrogen) atoms. The minimum atomic E-state index is 0.154. The van der Waals surface area contributed by atoms with Gasteiger partial charge in [0.2, 0.25) is 0 Å². The van der Waals surface area contributed by atoms with Crippen LogP contribution in [0.2, 0.25) is 0 Å². The zero-order valence-electron chi connectivity index (χ0n) is 7.19. The van der Waals surface area contributed by atoms with Gasteiger partial charge in [0.1, 0.15) is 0 Å². The first-order valence-corrected chi connectivity index (χ1v) is 4.26. The highest BCUT2D eigenvalue weighted by Gasteiger charge is 1.90. The van der Waals surface area contributed by atoms with E-state index in [1.807, 2.05) is 6.92 Å². The molecule has 0 rings (SSSR count). The third-order valence-electron chi connectivity index (χ3n) is 1.50. The average molecular weight is 144 g/mol. The first-order valence-electron chi connectivity index (χ1n) is 4.26. The molecule has 0 aromatic carbocycles. The summed E-state index contributed by atoms with van der Waals surface area (Å²) >= 11 is 0. The predicted molar refractivity (Wildman–Crippen MR) is 45.8 cm³/mol. The van der Waals surface area contributed by atoms with Crippen LogP contribution in [0, 0.1) is 0 Å². The molecule has 0 aromatic heterocycles. The minimum absolute atomic E-state index is 0.154. The molecule has 0 amide bonds. The lowest BCUT2D eigenvalue weighted by Crippen LogP contribution is -2.34. The van der Waals surface area contributed by atoms with Gasteiger partial charge in [-0.1, -0.05) is 26.2 Å². The summed E-state index contributed by atoms with van der Waals surface area (Å²) in [6.07, 6.45) is 5.39. The van der Waals surface area contributed by atoms with E-state index in [1.165, 1.54) is 25.7 Å². The van der Waals surface area contributed by atoms with Crippen LogP contribution in [0.1, 0.15) is 39.5 Å². The van der Waals surface area contributed by atoms with E-state index in [9.17, 15) is 0 Å². The molecule has 0 aliphatic carbocycles. The van der Waals surface area contributed by atoms with Crippen molar-refractivity contribution in [2.45, 2.75) is 45.7 Å². The molecule has 3 N–H and O–H groups in total. The summed E-state index contributed by atoms with van der Waals surface area (Å²) in [4.78, 5) is 0. The van der Waals surface area contributed by atoms with Crippen LogP contribution in [-0.4, -0.2) is 12.7 Å². The molecule has 0 aliphatic rings. The number of hydrogen-bond acceptors (Lipinski definition) is 2. The van der Waals surface area contributed by atoms with Crippen LogP contribution in [0.5, 0.6) is 0 Å². The van der Waals surface area contributed by atoms with Gasteiger partial charge in [-0.2, -0.15) is 0 Å². The number of hydrogen-bond donors (Lipinski definition) is 2. The zero-order chi connectivity index (χ0) is 7.82. The number of nitrogens with one attached hydrogen (secondary N) is 1. The number of unbranched alkanes of at least 4 members (excludes halogenated alkanes) is 3. The SMILES string of the molecule is CCCCCCNC(C)N. The second-order valence-corrected chi connectivity index (χ2v) is 2.80. The smallest absolute Gasteiger partial charge is 0.0517 e. The maximum atomic E-state index is 5.50. The van der Waals surface area contributed by atoms with Crippen molar-refractivity contribution >= 4 is 0 Å². The fourth-order valence-electron chi connectivity index (χ4n) is 0.882. The van der Waals surface area contributed by atoms with E-state index in [2.05, 4.69) is 12.2 Å². The molecule has 0 aromatic rings. The second-order valence-electron chi connectivity index (χ2n) is 2.80. The van der Waals surface area contributed by atoms with Crippen LogP contribution in [0.25, 0.3) is 0 Å². The highest BCUT2D eigenvalue weighted by atomic mass is 15.0. The molecule has 1 atom stereocenters. The average Bonchev–Trinajstić information content (AvgIpc) is 1.87. The van der Waals surface area contributed by atoms with E-state index < -0.39 is 0 Å². The van der Waals surface area contributed by atoms with Crippen LogP contribution in [0.15, 0.2) is 0 Å². The van der Waals surface area contributed by atoms with Crippen molar-refractivity contribution in [2.24, 2.45) is 5.73 Å². The molecule has 0 aliphatic heterocycles. The molecule has 0 saturated heterocycles. The first-order chi connectivity index (χ1) is 4.77. The van der Waals surface area contributed by atoms with Crippen molar-refractivity contribution in [1.29, 1.82) is 0 Å². The van der Waals surface area contributed by atoms with Gasteiger partial charge in [0.05, 0.1) is 6.17 Å². The fourth-order valence-corrected chi connectivity index (χ4v) is 0.882. The van der Waals surface area contributed by atoms with Crippen LogP contribution < -0.4 is 11.1 Å². The summed E-state index contributed by atoms with van der Waals surface area (Å²) in [5.74, 6) is 0. The van der Waals surface area contributed by atoms with Crippen LogP contribution in [0.4, 0.5) is 0 Å². The Morgan fingerprint density at radius 1 is 1.30 bits per heavy atom. The number of rotatable bonds is 6. The highest BCUT2D eigenvalue weighted by molar-refractivity contribution is 4.50. The standard InChI is InChI=1S/C8H20N2/c1-3-4-5-6-7-10-8(2)9/h8,10H,3-7,9H2,1-2H3. The van der Waals surface area contributed by atoms with Gasteiger partial charge in [-0.15, -0.1) is 0 Å². The normalized spacial score (nSPS) is 13.5. The van der Waals surface area contributed by atoms with E-state index in [4.69, 9.17) is 5.73 Å². The molecule has 2 heteroatoms. The third-order valence-corrected chi connectivity index (χ3v) is 1.50. The van der Waals surface area contributed by atoms with Gasteiger partial charge in [0.15, 0.2) is 0 Å². The molecule has 0 fully saturated rings. The van der Waals surface area contributed by atoms with Crippen molar-refractivity contribution in [3.8, 4) is 0 Å². The monoisotopic (exact) mass is 144 g/mol. The predicted octanol–water partition coefficient (Wildman–Crippen LogP) is 1.46. The molecule has 2 nitrogen and oxygen atoms in total.